The highest BCUT2D eigenvalue weighted by Crippen LogP contribution is 2.04. The second-order valence-electron chi connectivity index (χ2n) is 4.21. The van der Waals surface area contributed by atoms with Gasteiger partial charge in [0.25, 0.3) is 0 Å². The van der Waals surface area contributed by atoms with Gasteiger partial charge in [0.05, 0.1) is 0 Å². The van der Waals surface area contributed by atoms with Crippen molar-refractivity contribution >= 4 is 22.1 Å². The topological polar surface area (TPSA) is 83.5 Å². The summed E-state index contributed by atoms with van der Waals surface area (Å²) in [5.41, 5.74) is 0.783. The first-order valence-electron chi connectivity index (χ1n) is 5.86. The van der Waals surface area contributed by atoms with Crippen LogP contribution in [-0.4, -0.2) is 25.5 Å². The third kappa shape index (κ3) is 6.73. The van der Waals surface area contributed by atoms with E-state index >= 15 is 0 Å². The van der Waals surface area contributed by atoms with Crippen LogP contribution in [0.15, 0.2) is 35.7 Å². The number of aliphatic carboxylic acids is 1. The van der Waals surface area contributed by atoms with Crippen LogP contribution in [0.1, 0.15) is 25.3 Å². The number of carboxylic acids is 1. The van der Waals surface area contributed by atoms with E-state index in [0.29, 0.717) is 0 Å². The van der Waals surface area contributed by atoms with Gasteiger partial charge < -0.3 is 5.11 Å². The van der Waals surface area contributed by atoms with Gasteiger partial charge in [0, 0.05) is 17.9 Å². The molecule has 1 rings (SSSR count). The lowest BCUT2D eigenvalue weighted by Gasteiger charge is -2.10. The summed E-state index contributed by atoms with van der Waals surface area (Å²) < 4.78 is 25.8. The molecule has 0 fully saturated rings. The summed E-state index contributed by atoms with van der Waals surface area (Å²) in [6.45, 7) is 1.64. The van der Waals surface area contributed by atoms with Crippen molar-refractivity contribution in [2.75, 3.05) is 0 Å². The van der Waals surface area contributed by atoms with Crippen LogP contribution in [0.5, 0.6) is 0 Å². The fourth-order valence-corrected chi connectivity index (χ4v) is 2.54. The predicted molar refractivity (Wildman–Crippen MR) is 73.9 cm³/mol. The van der Waals surface area contributed by atoms with Crippen LogP contribution in [0.4, 0.5) is 0 Å². The van der Waals surface area contributed by atoms with Gasteiger partial charge in [-0.25, -0.2) is 13.1 Å². The van der Waals surface area contributed by atoms with Gasteiger partial charge in [-0.15, -0.1) is 0 Å². The highest BCUT2D eigenvalue weighted by molar-refractivity contribution is 7.92. The van der Waals surface area contributed by atoms with E-state index in [4.69, 9.17) is 5.11 Å². The lowest BCUT2D eigenvalue weighted by Crippen LogP contribution is -2.31. The van der Waals surface area contributed by atoms with Crippen LogP contribution in [0.3, 0.4) is 0 Å². The van der Waals surface area contributed by atoms with Gasteiger partial charge in [0.15, 0.2) is 0 Å². The van der Waals surface area contributed by atoms with Gasteiger partial charge in [0.1, 0.15) is 0 Å². The van der Waals surface area contributed by atoms with Crippen LogP contribution in [0.25, 0.3) is 6.08 Å². The van der Waals surface area contributed by atoms with Gasteiger partial charge in [-0.05, 0) is 25.0 Å². The van der Waals surface area contributed by atoms with Gasteiger partial charge in [-0.2, -0.15) is 0 Å². The van der Waals surface area contributed by atoms with E-state index in [1.165, 1.54) is 6.08 Å². The Kier molecular flexibility index (Phi) is 5.72. The highest BCUT2D eigenvalue weighted by atomic mass is 32.2. The SMILES string of the molecule is CC(CCC(=O)O)NS(=O)(=O)C=Cc1ccccc1. The molecule has 1 unspecified atom stereocenters. The van der Waals surface area contributed by atoms with Gasteiger partial charge >= 0.3 is 5.97 Å². The van der Waals surface area contributed by atoms with Gasteiger partial charge in [-0.3, -0.25) is 4.79 Å². The summed E-state index contributed by atoms with van der Waals surface area (Å²) in [7, 11) is -3.55. The van der Waals surface area contributed by atoms with Crippen molar-refractivity contribution in [3.05, 3.63) is 41.3 Å². The van der Waals surface area contributed by atoms with Crippen molar-refractivity contribution in [3.63, 3.8) is 0 Å². The second kappa shape index (κ2) is 7.06. The van der Waals surface area contributed by atoms with Crippen molar-refractivity contribution in [1.82, 2.24) is 4.72 Å². The van der Waals surface area contributed by atoms with Crippen LogP contribution in [0, 0.1) is 0 Å². The van der Waals surface area contributed by atoms with E-state index in [1.807, 2.05) is 18.2 Å². The van der Waals surface area contributed by atoms with Crippen molar-refractivity contribution < 1.29 is 18.3 Å². The van der Waals surface area contributed by atoms with Crippen LogP contribution < -0.4 is 4.72 Å². The average molecular weight is 283 g/mol. The number of sulfonamides is 1. The number of hydrogen-bond donors (Lipinski definition) is 2. The monoisotopic (exact) mass is 283 g/mol. The lowest BCUT2D eigenvalue weighted by atomic mass is 10.2. The van der Waals surface area contributed by atoms with Gasteiger partial charge in [-0.1, -0.05) is 30.3 Å². The number of carbonyl (C=O) groups is 1. The molecule has 6 heteroatoms. The molecule has 0 radical (unpaired) electrons. The largest absolute Gasteiger partial charge is 0.481 e. The minimum atomic E-state index is -3.55. The molecule has 19 heavy (non-hydrogen) atoms. The van der Waals surface area contributed by atoms with Crippen LogP contribution in [0.2, 0.25) is 0 Å². The number of hydrogen-bond acceptors (Lipinski definition) is 3. The van der Waals surface area contributed by atoms with Crippen molar-refractivity contribution in [1.29, 1.82) is 0 Å². The second-order valence-corrected chi connectivity index (χ2v) is 5.81. The zero-order chi connectivity index (χ0) is 14.3. The van der Waals surface area contributed by atoms with Crippen molar-refractivity contribution in [3.8, 4) is 0 Å². The maximum absolute atomic E-state index is 11.7. The minimum absolute atomic E-state index is 0.0634. The van der Waals surface area contributed by atoms with E-state index in [-0.39, 0.29) is 12.8 Å². The number of rotatable bonds is 7. The maximum Gasteiger partial charge on any atom is 0.303 e. The molecular formula is C13H17NO4S. The normalized spacial score (nSPS) is 13.5. The van der Waals surface area contributed by atoms with Crippen molar-refractivity contribution in [2.24, 2.45) is 0 Å². The molecule has 1 atom stereocenters. The summed E-state index contributed by atoms with van der Waals surface area (Å²) in [6, 6.07) is 8.64. The van der Waals surface area contributed by atoms with E-state index in [2.05, 4.69) is 4.72 Å². The van der Waals surface area contributed by atoms with Crippen molar-refractivity contribution in [2.45, 2.75) is 25.8 Å². The molecule has 0 aliphatic carbocycles. The Balaban J connectivity index is 2.57. The third-order valence-electron chi connectivity index (χ3n) is 2.40. The molecule has 1 aromatic rings. The molecule has 0 bridgehead atoms. The molecule has 0 spiro atoms. The number of nitrogens with one attached hydrogen (secondary N) is 1. The van der Waals surface area contributed by atoms with E-state index in [9.17, 15) is 13.2 Å². The summed E-state index contributed by atoms with van der Waals surface area (Å²) in [6.07, 6.45) is 1.69. The standard InChI is InChI=1S/C13H17NO4S/c1-11(7-8-13(15)16)14-19(17,18)10-9-12-5-3-2-4-6-12/h2-6,9-11,14H,7-8H2,1H3,(H,15,16). The lowest BCUT2D eigenvalue weighted by molar-refractivity contribution is -0.137. The predicted octanol–water partition coefficient (Wildman–Crippen LogP) is 1.83. The minimum Gasteiger partial charge on any atom is -0.481 e. The molecule has 104 valence electrons. The fourth-order valence-electron chi connectivity index (χ4n) is 1.45. The first kappa shape index (κ1) is 15.4. The smallest absolute Gasteiger partial charge is 0.303 e. The zero-order valence-electron chi connectivity index (χ0n) is 10.6. The Labute approximate surface area is 113 Å². The Morgan fingerprint density at radius 2 is 2.00 bits per heavy atom. The molecule has 0 saturated carbocycles. The third-order valence-corrected chi connectivity index (χ3v) is 3.62. The summed E-state index contributed by atoms with van der Waals surface area (Å²) in [5.74, 6) is -0.939. The van der Waals surface area contributed by atoms with E-state index < -0.39 is 22.0 Å². The molecular weight excluding hydrogens is 266 g/mol. The van der Waals surface area contributed by atoms with Crippen LogP contribution in [-0.2, 0) is 14.8 Å². The quantitative estimate of drug-likeness (QED) is 0.799. The average Bonchev–Trinajstić information content (AvgIpc) is 2.35. The van der Waals surface area contributed by atoms with Gasteiger partial charge in [0.2, 0.25) is 10.0 Å². The molecule has 0 amide bonds. The summed E-state index contributed by atoms with van der Waals surface area (Å²) in [4.78, 5) is 10.4. The number of carboxylic acid groups (broad SMARTS) is 1. The van der Waals surface area contributed by atoms with Crippen LogP contribution >= 0.6 is 0 Å². The molecule has 1 aromatic carbocycles. The summed E-state index contributed by atoms with van der Waals surface area (Å²) in [5, 5.41) is 9.60. The highest BCUT2D eigenvalue weighted by Gasteiger charge is 2.12. The molecule has 2 N–H and O–H groups in total. The van der Waals surface area contributed by atoms with E-state index in [0.717, 1.165) is 11.0 Å². The zero-order valence-corrected chi connectivity index (χ0v) is 11.4. The molecule has 0 saturated heterocycles. The molecule has 0 aromatic heterocycles. The Morgan fingerprint density at radius 1 is 1.37 bits per heavy atom. The van der Waals surface area contributed by atoms with E-state index in [1.54, 1.807) is 19.1 Å². The fraction of sp³-hybridized carbons (Fsp3) is 0.308. The first-order valence-corrected chi connectivity index (χ1v) is 7.41. The summed E-state index contributed by atoms with van der Waals surface area (Å²) >= 11 is 0. The Hall–Kier alpha value is -1.66. The first-order chi connectivity index (χ1) is 8.89. The molecule has 0 heterocycles. The molecule has 0 aliphatic heterocycles. The Bertz CT molecular complexity index is 537. The Morgan fingerprint density at radius 3 is 2.58 bits per heavy atom. The molecule has 0 aliphatic rings. The number of benzene rings is 1. The maximum atomic E-state index is 11.7. The molecule has 5 nitrogen and oxygen atoms in total.